The number of nitrogen functional groups attached to an aromatic ring is 1. The maximum Gasteiger partial charge on any atom is 0.0958 e. The first-order valence-electron chi connectivity index (χ1n) is 6.39. The molecule has 18 heavy (non-hydrogen) atoms. The van der Waals surface area contributed by atoms with Crippen LogP contribution >= 0.6 is 11.8 Å². The number of aromatic nitrogens is 2. The molecule has 0 atom stereocenters. The van der Waals surface area contributed by atoms with Gasteiger partial charge in [-0.2, -0.15) is 11.8 Å². The summed E-state index contributed by atoms with van der Waals surface area (Å²) < 4.78 is 2.55. The van der Waals surface area contributed by atoms with Crippen molar-refractivity contribution < 1.29 is 0 Å². The molecular weight excluding hydrogens is 242 g/mol. The van der Waals surface area contributed by atoms with Gasteiger partial charge in [-0.15, -0.1) is 0 Å². The van der Waals surface area contributed by atoms with E-state index in [1.807, 2.05) is 30.2 Å². The first-order valence-corrected chi connectivity index (χ1v) is 7.62. The van der Waals surface area contributed by atoms with Gasteiger partial charge >= 0.3 is 0 Å². The second kappa shape index (κ2) is 5.22. The van der Waals surface area contributed by atoms with Gasteiger partial charge in [0.05, 0.1) is 17.4 Å². The lowest BCUT2D eigenvalue weighted by atomic mass is 10.0. The molecule has 0 fully saturated rings. The fourth-order valence-electron chi connectivity index (χ4n) is 2.34. The van der Waals surface area contributed by atoms with Crippen LogP contribution in [0.3, 0.4) is 0 Å². The van der Waals surface area contributed by atoms with E-state index >= 15 is 0 Å². The van der Waals surface area contributed by atoms with Crippen LogP contribution in [0.25, 0.3) is 11.0 Å². The summed E-state index contributed by atoms with van der Waals surface area (Å²) in [5.74, 6) is 0. The molecule has 0 unspecified atom stereocenters. The first kappa shape index (κ1) is 13.3. The number of hydrogen-bond acceptors (Lipinski definition) is 3. The van der Waals surface area contributed by atoms with Gasteiger partial charge in [0.2, 0.25) is 0 Å². The molecule has 2 rings (SSSR count). The Morgan fingerprint density at radius 3 is 2.67 bits per heavy atom. The molecule has 2 aromatic rings. The van der Waals surface area contributed by atoms with Crippen molar-refractivity contribution >= 4 is 28.5 Å². The zero-order valence-corrected chi connectivity index (χ0v) is 12.1. The van der Waals surface area contributed by atoms with Gasteiger partial charge in [0, 0.05) is 17.0 Å². The number of thioether (sulfide) groups is 1. The lowest BCUT2D eigenvalue weighted by molar-refractivity contribution is 0.473. The van der Waals surface area contributed by atoms with Crippen LogP contribution < -0.4 is 5.73 Å². The van der Waals surface area contributed by atoms with Crippen LogP contribution in [0.1, 0.15) is 26.7 Å². The molecule has 0 aliphatic carbocycles. The quantitative estimate of drug-likeness (QED) is 0.839. The Kier molecular flexibility index (Phi) is 3.85. The molecular formula is C14H21N3S. The Bertz CT molecular complexity index is 521. The molecule has 2 N–H and O–H groups in total. The molecule has 1 aromatic carbocycles. The van der Waals surface area contributed by atoms with E-state index in [2.05, 4.69) is 35.7 Å². The van der Waals surface area contributed by atoms with Crippen LogP contribution in [0.15, 0.2) is 24.5 Å². The molecule has 0 saturated carbocycles. The van der Waals surface area contributed by atoms with Crippen molar-refractivity contribution in [2.24, 2.45) is 0 Å². The van der Waals surface area contributed by atoms with E-state index in [-0.39, 0.29) is 0 Å². The molecule has 1 heterocycles. The highest BCUT2D eigenvalue weighted by molar-refractivity contribution is 8.00. The maximum atomic E-state index is 5.79. The van der Waals surface area contributed by atoms with Crippen molar-refractivity contribution in [1.29, 1.82) is 0 Å². The number of nitrogens with two attached hydrogens (primary N) is 1. The predicted octanol–water partition coefficient (Wildman–Crippen LogP) is 3.54. The summed E-state index contributed by atoms with van der Waals surface area (Å²) in [6.45, 7) is 5.52. The fraction of sp³-hybridized carbons (Fsp3) is 0.500. The second-order valence-corrected chi connectivity index (χ2v) is 5.99. The maximum absolute atomic E-state index is 5.79. The fourth-order valence-corrected chi connectivity index (χ4v) is 3.19. The van der Waals surface area contributed by atoms with Crippen molar-refractivity contribution in [2.75, 3.05) is 12.0 Å². The number of rotatable bonds is 5. The third-order valence-electron chi connectivity index (χ3n) is 3.83. The van der Waals surface area contributed by atoms with Crippen LogP contribution in [0.5, 0.6) is 0 Å². The molecule has 0 aliphatic heterocycles. The SMILES string of the molecule is CCC(CC)(Cn1cnc2cc(N)ccc21)SC. The van der Waals surface area contributed by atoms with Crippen molar-refractivity contribution in [1.82, 2.24) is 9.55 Å². The van der Waals surface area contributed by atoms with Crippen LogP contribution in [0, 0.1) is 0 Å². The molecule has 3 nitrogen and oxygen atoms in total. The summed E-state index contributed by atoms with van der Waals surface area (Å²) in [5.41, 5.74) is 8.71. The molecule has 98 valence electrons. The van der Waals surface area contributed by atoms with E-state index < -0.39 is 0 Å². The summed E-state index contributed by atoms with van der Waals surface area (Å²) in [5, 5.41) is 0. The van der Waals surface area contributed by atoms with Gasteiger partial charge in [-0.25, -0.2) is 4.98 Å². The third kappa shape index (κ3) is 2.34. The van der Waals surface area contributed by atoms with Crippen molar-refractivity contribution in [3.05, 3.63) is 24.5 Å². The van der Waals surface area contributed by atoms with Crippen molar-refractivity contribution in [3.63, 3.8) is 0 Å². The van der Waals surface area contributed by atoms with E-state index in [9.17, 15) is 0 Å². The average Bonchev–Trinajstić information content (AvgIpc) is 2.78. The van der Waals surface area contributed by atoms with Gasteiger partial charge in [0.1, 0.15) is 0 Å². The van der Waals surface area contributed by atoms with Gasteiger partial charge in [-0.1, -0.05) is 13.8 Å². The van der Waals surface area contributed by atoms with Crippen LogP contribution in [-0.4, -0.2) is 20.6 Å². The standard InChI is InChI=1S/C14H21N3S/c1-4-14(5-2,18-3)9-17-10-16-12-8-11(15)6-7-13(12)17/h6-8,10H,4-5,9,15H2,1-3H3. The highest BCUT2D eigenvalue weighted by Crippen LogP contribution is 2.33. The van der Waals surface area contributed by atoms with Gasteiger partial charge in [-0.05, 0) is 37.3 Å². The normalized spacial score (nSPS) is 12.2. The number of fused-ring (bicyclic) bond motifs is 1. The largest absolute Gasteiger partial charge is 0.399 e. The van der Waals surface area contributed by atoms with Crippen LogP contribution in [0.2, 0.25) is 0 Å². The number of hydrogen-bond donors (Lipinski definition) is 1. The Morgan fingerprint density at radius 1 is 1.33 bits per heavy atom. The summed E-state index contributed by atoms with van der Waals surface area (Å²) in [4.78, 5) is 4.44. The average molecular weight is 263 g/mol. The van der Waals surface area contributed by atoms with Gasteiger partial charge < -0.3 is 10.3 Å². The number of nitrogens with zero attached hydrogens (tertiary/aromatic N) is 2. The molecule has 0 aliphatic rings. The number of benzene rings is 1. The second-order valence-electron chi connectivity index (χ2n) is 4.71. The minimum atomic E-state index is 0.301. The number of anilines is 1. The minimum Gasteiger partial charge on any atom is -0.399 e. The highest BCUT2D eigenvalue weighted by atomic mass is 32.2. The van der Waals surface area contributed by atoms with E-state index in [4.69, 9.17) is 5.73 Å². The van der Waals surface area contributed by atoms with E-state index in [1.165, 1.54) is 18.4 Å². The number of imidazole rings is 1. The summed E-state index contributed by atoms with van der Waals surface area (Å²) >= 11 is 1.95. The van der Waals surface area contributed by atoms with Crippen LogP contribution in [-0.2, 0) is 6.54 Å². The minimum absolute atomic E-state index is 0.301. The molecule has 4 heteroatoms. The van der Waals surface area contributed by atoms with Crippen molar-refractivity contribution in [3.8, 4) is 0 Å². The summed E-state index contributed by atoms with van der Waals surface area (Å²) in [6.07, 6.45) is 6.46. The first-order chi connectivity index (χ1) is 8.64. The Labute approximate surface area is 113 Å². The smallest absolute Gasteiger partial charge is 0.0958 e. The Balaban J connectivity index is 2.37. The zero-order valence-electron chi connectivity index (χ0n) is 11.3. The Morgan fingerprint density at radius 2 is 2.06 bits per heavy atom. The lowest BCUT2D eigenvalue weighted by Gasteiger charge is -2.30. The predicted molar refractivity (Wildman–Crippen MR) is 81.0 cm³/mol. The van der Waals surface area contributed by atoms with Crippen molar-refractivity contribution in [2.45, 2.75) is 38.0 Å². The third-order valence-corrected chi connectivity index (χ3v) is 5.40. The molecule has 1 aromatic heterocycles. The molecule has 0 spiro atoms. The lowest BCUT2D eigenvalue weighted by Crippen LogP contribution is -2.28. The molecule has 0 amide bonds. The topological polar surface area (TPSA) is 43.8 Å². The van der Waals surface area contributed by atoms with Gasteiger partial charge in [0.15, 0.2) is 0 Å². The van der Waals surface area contributed by atoms with E-state index in [0.717, 1.165) is 17.7 Å². The van der Waals surface area contributed by atoms with E-state index in [1.54, 1.807) is 0 Å². The monoisotopic (exact) mass is 263 g/mol. The zero-order chi connectivity index (χ0) is 13.2. The Hall–Kier alpha value is -1.16. The van der Waals surface area contributed by atoms with Crippen LogP contribution in [0.4, 0.5) is 5.69 Å². The molecule has 0 saturated heterocycles. The summed E-state index contributed by atoms with van der Waals surface area (Å²) in [7, 11) is 0. The summed E-state index contributed by atoms with van der Waals surface area (Å²) in [6, 6.07) is 5.94. The van der Waals surface area contributed by atoms with E-state index in [0.29, 0.717) is 4.75 Å². The highest BCUT2D eigenvalue weighted by Gasteiger charge is 2.25. The van der Waals surface area contributed by atoms with Gasteiger partial charge in [0.25, 0.3) is 0 Å². The molecule has 0 radical (unpaired) electrons. The van der Waals surface area contributed by atoms with Gasteiger partial charge in [-0.3, -0.25) is 0 Å². The molecule has 0 bridgehead atoms.